The minimum Gasteiger partial charge on any atom is -0.306 e. The molecule has 106 valence electrons. The molecule has 0 saturated heterocycles. The van der Waals surface area contributed by atoms with Gasteiger partial charge in [-0.05, 0) is 18.2 Å². The molecule has 0 aliphatic carbocycles. The van der Waals surface area contributed by atoms with Crippen molar-refractivity contribution in [1.29, 1.82) is 0 Å². The molecule has 8 heteroatoms. The third-order valence-corrected chi connectivity index (χ3v) is 2.71. The van der Waals surface area contributed by atoms with Crippen molar-refractivity contribution in [1.82, 2.24) is 24.5 Å². The summed E-state index contributed by atoms with van der Waals surface area (Å²) >= 11 is 0. The molecule has 0 bridgehead atoms. The summed E-state index contributed by atoms with van der Waals surface area (Å²) in [7, 11) is 1.78. The first kappa shape index (κ1) is 12.9. The number of pyridine rings is 1. The van der Waals surface area contributed by atoms with Crippen molar-refractivity contribution in [2.45, 2.75) is 0 Å². The Labute approximate surface area is 120 Å². The van der Waals surface area contributed by atoms with Crippen molar-refractivity contribution < 1.29 is 4.79 Å². The van der Waals surface area contributed by atoms with Crippen LogP contribution in [0.15, 0.2) is 49.2 Å². The number of aryl methyl sites for hydroxylation is 1. The lowest BCUT2D eigenvalue weighted by atomic mass is 10.4. The van der Waals surface area contributed by atoms with E-state index in [0.29, 0.717) is 17.2 Å². The second kappa shape index (κ2) is 5.45. The topological polar surface area (TPSA) is 89.7 Å². The van der Waals surface area contributed by atoms with Crippen LogP contribution in [0.3, 0.4) is 0 Å². The number of carbonyl (C=O) groups is 1. The summed E-state index contributed by atoms with van der Waals surface area (Å²) in [4.78, 5) is 16.0. The standard InChI is InChI=1S/C13H13N7O/c1-19-9-11(8-16-19)18-13(21)17-10-3-4-12(14-7-10)20-6-2-5-15-20/h2-9H,1H3,(H2,17,18,21). The number of anilines is 2. The minimum absolute atomic E-state index is 0.350. The van der Waals surface area contributed by atoms with Gasteiger partial charge in [-0.1, -0.05) is 0 Å². The van der Waals surface area contributed by atoms with Gasteiger partial charge in [0.2, 0.25) is 0 Å². The van der Waals surface area contributed by atoms with Crippen LogP contribution in [0.2, 0.25) is 0 Å². The molecular weight excluding hydrogens is 270 g/mol. The lowest BCUT2D eigenvalue weighted by molar-refractivity contribution is 0.262. The van der Waals surface area contributed by atoms with Crippen LogP contribution in [0.1, 0.15) is 0 Å². The molecule has 0 fully saturated rings. The van der Waals surface area contributed by atoms with E-state index in [9.17, 15) is 4.79 Å². The van der Waals surface area contributed by atoms with Crippen LogP contribution in [0.4, 0.5) is 16.2 Å². The number of hydrogen-bond donors (Lipinski definition) is 2. The van der Waals surface area contributed by atoms with Gasteiger partial charge in [-0.15, -0.1) is 0 Å². The zero-order chi connectivity index (χ0) is 14.7. The van der Waals surface area contributed by atoms with Crippen LogP contribution < -0.4 is 10.6 Å². The van der Waals surface area contributed by atoms with E-state index in [1.54, 1.807) is 59.5 Å². The Morgan fingerprint density at radius 1 is 1.14 bits per heavy atom. The molecule has 3 heterocycles. The van der Waals surface area contributed by atoms with E-state index in [1.165, 1.54) is 0 Å². The summed E-state index contributed by atoms with van der Waals surface area (Å²) in [5.41, 5.74) is 1.21. The van der Waals surface area contributed by atoms with Crippen molar-refractivity contribution in [2.75, 3.05) is 10.6 Å². The van der Waals surface area contributed by atoms with Gasteiger partial charge in [0, 0.05) is 25.6 Å². The van der Waals surface area contributed by atoms with Crippen molar-refractivity contribution >= 4 is 17.4 Å². The average Bonchev–Trinajstić information content (AvgIpc) is 3.11. The van der Waals surface area contributed by atoms with E-state index in [2.05, 4.69) is 25.8 Å². The van der Waals surface area contributed by atoms with Gasteiger partial charge in [-0.3, -0.25) is 4.68 Å². The highest BCUT2D eigenvalue weighted by Gasteiger charge is 2.05. The molecule has 0 unspecified atom stereocenters. The lowest BCUT2D eigenvalue weighted by Crippen LogP contribution is -2.19. The predicted octanol–water partition coefficient (Wildman–Crippen LogP) is 1.64. The molecular formula is C13H13N7O. The van der Waals surface area contributed by atoms with Crippen molar-refractivity contribution in [3.8, 4) is 5.82 Å². The fraction of sp³-hybridized carbons (Fsp3) is 0.0769. The van der Waals surface area contributed by atoms with Crippen LogP contribution in [0.5, 0.6) is 0 Å². The van der Waals surface area contributed by atoms with Crippen LogP contribution in [-0.2, 0) is 7.05 Å². The maximum Gasteiger partial charge on any atom is 0.323 e. The largest absolute Gasteiger partial charge is 0.323 e. The van der Waals surface area contributed by atoms with Crippen molar-refractivity contribution in [3.63, 3.8) is 0 Å². The van der Waals surface area contributed by atoms with E-state index < -0.39 is 0 Å². The van der Waals surface area contributed by atoms with E-state index in [0.717, 1.165) is 0 Å². The number of amides is 2. The molecule has 0 saturated carbocycles. The van der Waals surface area contributed by atoms with Gasteiger partial charge in [0.05, 0.1) is 23.8 Å². The highest BCUT2D eigenvalue weighted by molar-refractivity contribution is 5.99. The highest BCUT2D eigenvalue weighted by atomic mass is 16.2. The molecule has 8 nitrogen and oxygen atoms in total. The first-order valence-electron chi connectivity index (χ1n) is 6.23. The second-order valence-corrected chi connectivity index (χ2v) is 4.34. The quantitative estimate of drug-likeness (QED) is 0.764. The fourth-order valence-corrected chi connectivity index (χ4v) is 1.78. The van der Waals surface area contributed by atoms with Crippen LogP contribution in [0, 0.1) is 0 Å². The monoisotopic (exact) mass is 283 g/mol. The molecule has 21 heavy (non-hydrogen) atoms. The lowest BCUT2D eigenvalue weighted by Gasteiger charge is -2.06. The Kier molecular flexibility index (Phi) is 3.34. The molecule has 2 amide bonds. The molecule has 3 rings (SSSR count). The van der Waals surface area contributed by atoms with Gasteiger partial charge in [0.25, 0.3) is 0 Å². The third kappa shape index (κ3) is 3.06. The number of hydrogen-bond acceptors (Lipinski definition) is 4. The summed E-state index contributed by atoms with van der Waals surface area (Å²) in [5.74, 6) is 0.679. The van der Waals surface area contributed by atoms with Crippen LogP contribution in [-0.4, -0.2) is 30.6 Å². The zero-order valence-corrected chi connectivity index (χ0v) is 11.3. The number of rotatable bonds is 3. The fourth-order valence-electron chi connectivity index (χ4n) is 1.78. The molecule has 0 aliphatic rings. The molecule has 0 spiro atoms. The molecule has 0 aliphatic heterocycles. The predicted molar refractivity (Wildman–Crippen MR) is 77.2 cm³/mol. The minimum atomic E-state index is -0.350. The Morgan fingerprint density at radius 2 is 2.00 bits per heavy atom. The van der Waals surface area contributed by atoms with Crippen molar-refractivity contribution in [2.24, 2.45) is 7.05 Å². The van der Waals surface area contributed by atoms with Gasteiger partial charge < -0.3 is 10.6 Å². The molecule has 3 aromatic rings. The Hall–Kier alpha value is -3.16. The summed E-state index contributed by atoms with van der Waals surface area (Å²) in [5, 5.41) is 13.4. The zero-order valence-electron chi connectivity index (χ0n) is 11.3. The summed E-state index contributed by atoms with van der Waals surface area (Å²) in [6.07, 6.45) is 8.32. The number of carbonyl (C=O) groups excluding carboxylic acids is 1. The molecule has 0 atom stereocenters. The molecule has 0 radical (unpaired) electrons. The summed E-state index contributed by atoms with van der Waals surface area (Å²) in [6, 6.07) is 4.99. The van der Waals surface area contributed by atoms with Gasteiger partial charge in [0.1, 0.15) is 0 Å². The Bertz CT molecular complexity index is 730. The SMILES string of the molecule is Cn1cc(NC(=O)Nc2ccc(-n3cccn3)nc2)cn1. The second-order valence-electron chi connectivity index (χ2n) is 4.34. The Balaban J connectivity index is 1.63. The maximum atomic E-state index is 11.8. The van der Waals surface area contributed by atoms with E-state index in [1.807, 2.05) is 6.07 Å². The van der Waals surface area contributed by atoms with Gasteiger partial charge >= 0.3 is 6.03 Å². The summed E-state index contributed by atoms with van der Waals surface area (Å²) < 4.78 is 3.25. The number of aromatic nitrogens is 5. The first-order chi connectivity index (χ1) is 10.2. The highest BCUT2D eigenvalue weighted by Crippen LogP contribution is 2.10. The van der Waals surface area contributed by atoms with Gasteiger partial charge in [-0.2, -0.15) is 10.2 Å². The van der Waals surface area contributed by atoms with E-state index in [4.69, 9.17) is 0 Å². The van der Waals surface area contributed by atoms with E-state index >= 15 is 0 Å². The van der Waals surface area contributed by atoms with Gasteiger partial charge in [0.15, 0.2) is 5.82 Å². The number of nitrogens with zero attached hydrogens (tertiary/aromatic N) is 5. The molecule has 0 aromatic carbocycles. The van der Waals surface area contributed by atoms with Gasteiger partial charge in [-0.25, -0.2) is 14.5 Å². The first-order valence-corrected chi connectivity index (χ1v) is 6.23. The maximum absolute atomic E-state index is 11.8. The van der Waals surface area contributed by atoms with Crippen LogP contribution in [0.25, 0.3) is 5.82 Å². The van der Waals surface area contributed by atoms with E-state index in [-0.39, 0.29) is 6.03 Å². The Morgan fingerprint density at radius 3 is 2.62 bits per heavy atom. The van der Waals surface area contributed by atoms with Crippen molar-refractivity contribution in [3.05, 3.63) is 49.2 Å². The summed E-state index contributed by atoms with van der Waals surface area (Å²) in [6.45, 7) is 0. The number of urea groups is 1. The normalized spacial score (nSPS) is 10.3. The smallest absolute Gasteiger partial charge is 0.306 e. The average molecular weight is 283 g/mol. The molecule has 2 N–H and O–H groups in total. The number of nitrogens with one attached hydrogen (secondary N) is 2. The van der Waals surface area contributed by atoms with Crippen LogP contribution >= 0.6 is 0 Å². The third-order valence-electron chi connectivity index (χ3n) is 2.71. The molecule has 3 aromatic heterocycles.